The first-order chi connectivity index (χ1) is 10.2. The van der Waals surface area contributed by atoms with E-state index >= 15 is 0 Å². The molecule has 1 saturated carbocycles. The van der Waals surface area contributed by atoms with Gasteiger partial charge < -0.3 is 5.73 Å². The molecular weight excluding hydrogens is 276 g/mol. The molecule has 1 atom stereocenters. The van der Waals surface area contributed by atoms with Crippen molar-refractivity contribution in [2.45, 2.75) is 58.3 Å². The zero-order chi connectivity index (χ0) is 15.1. The molecule has 0 aliphatic heterocycles. The van der Waals surface area contributed by atoms with Gasteiger partial charge in [0.15, 0.2) is 5.17 Å². The molecule has 3 heteroatoms. The molecule has 21 heavy (non-hydrogen) atoms. The Hall–Kier alpha value is -0.960. The van der Waals surface area contributed by atoms with Gasteiger partial charge in [0.25, 0.3) is 0 Å². The predicted molar refractivity (Wildman–Crippen MR) is 95.5 cm³/mol. The highest BCUT2D eigenvalue weighted by atomic mass is 32.2. The van der Waals surface area contributed by atoms with Crippen LogP contribution in [0.4, 0.5) is 5.69 Å². The molecule has 2 N–H and O–H groups in total. The van der Waals surface area contributed by atoms with Gasteiger partial charge in [-0.25, -0.2) is 4.99 Å². The van der Waals surface area contributed by atoms with Crippen molar-refractivity contribution < 1.29 is 0 Å². The summed E-state index contributed by atoms with van der Waals surface area (Å²) in [7, 11) is 0. The highest BCUT2D eigenvalue weighted by Crippen LogP contribution is 2.27. The minimum absolute atomic E-state index is 0.612. The second-order valence-electron chi connectivity index (χ2n) is 6.17. The summed E-state index contributed by atoms with van der Waals surface area (Å²) in [5.74, 6) is 2.58. The lowest BCUT2D eigenvalue weighted by Crippen LogP contribution is -2.13. The standard InChI is InChI=1S/C18H28N2S/c1-3-14(2)16-9-11-17(12-10-16)20-18(19)21-13-15-7-5-4-6-8-15/h9-12,14-15H,3-8,13H2,1-2H3,(H2,19,20)/t14-/m1/s1. The summed E-state index contributed by atoms with van der Waals surface area (Å²) < 4.78 is 0. The van der Waals surface area contributed by atoms with Crippen LogP contribution >= 0.6 is 11.8 Å². The smallest absolute Gasteiger partial charge is 0.159 e. The maximum Gasteiger partial charge on any atom is 0.159 e. The molecule has 116 valence electrons. The number of thioether (sulfide) groups is 1. The zero-order valence-corrected chi connectivity index (χ0v) is 14.2. The van der Waals surface area contributed by atoms with Crippen molar-refractivity contribution in [1.29, 1.82) is 0 Å². The van der Waals surface area contributed by atoms with Crippen molar-refractivity contribution in [3.05, 3.63) is 29.8 Å². The molecule has 0 saturated heterocycles. The molecule has 0 radical (unpaired) electrons. The largest absolute Gasteiger partial charge is 0.378 e. The molecule has 1 fully saturated rings. The fourth-order valence-electron chi connectivity index (χ4n) is 2.83. The fraction of sp³-hybridized carbons (Fsp3) is 0.611. The number of nitrogens with zero attached hydrogens (tertiary/aromatic N) is 1. The summed E-state index contributed by atoms with van der Waals surface area (Å²) in [5.41, 5.74) is 8.41. The van der Waals surface area contributed by atoms with Crippen molar-refractivity contribution in [3.8, 4) is 0 Å². The van der Waals surface area contributed by atoms with E-state index < -0.39 is 0 Å². The first-order valence-corrected chi connectivity index (χ1v) is 9.24. The topological polar surface area (TPSA) is 38.4 Å². The summed E-state index contributed by atoms with van der Waals surface area (Å²) in [6.45, 7) is 4.48. The molecule has 0 unspecified atom stereocenters. The summed E-state index contributed by atoms with van der Waals surface area (Å²) in [4.78, 5) is 4.53. The molecule has 0 amide bonds. The van der Waals surface area contributed by atoms with Crippen LogP contribution in [0.1, 0.15) is 63.9 Å². The van der Waals surface area contributed by atoms with E-state index in [1.165, 1.54) is 44.1 Å². The van der Waals surface area contributed by atoms with Crippen LogP contribution < -0.4 is 5.73 Å². The van der Waals surface area contributed by atoms with E-state index in [-0.39, 0.29) is 0 Å². The summed E-state index contributed by atoms with van der Waals surface area (Å²) in [5, 5.41) is 0.705. The predicted octanol–water partition coefficient (Wildman–Crippen LogP) is 5.46. The highest BCUT2D eigenvalue weighted by Gasteiger charge is 2.13. The second kappa shape index (κ2) is 8.47. The molecule has 0 aromatic heterocycles. The van der Waals surface area contributed by atoms with Crippen molar-refractivity contribution in [2.75, 3.05) is 5.75 Å². The lowest BCUT2D eigenvalue weighted by molar-refractivity contribution is 0.391. The third kappa shape index (κ3) is 5.39. The Labute approximate surface area is 133 Å². The lowest BCUT2D eigenvalue weighted by atomic mass is 9.91. The van der Waals surface area contributed by atoms with E-state index in [1.54, 1.807) is 11.8 Å². The molecule has 0 spiro atoms. The van der Waals surface area contributed by atoms with E-state index in [0.29, 0.717) is 11.1 Å². The van der Waals surface area contributed by atoms with Crippen molar-refractivity contribution >= 4 is 22.6 Å². The molecule has 2 nitrogen and oxygen atoms in total. The highest BCUT2D eigenvalue weighted by molar-refractivity contribution is 8.13. The van der Waals surface area contributed by atoms with Gasteiger partial charge in [-0.1, -0.05) is 57.0 Å². The molecule has 2 rings (SSSR count). The third-order valence-corrected chi connectivity index (χ3v) is 5.53. The van der Waals surface area contributed by atoms with Crippen molar-refractivity contribution in [2.24, 2.45) is 16.6 Å². The number of rotatable bonds is 5. The van der Waals surface area contributed by atoms with Gasteiger partial charge in [-0.05, 0) is 48.8 Å². The van der Waals surface area contributed by atoms with Gasteiger partial charge >= 0.3 is 0 Å². The summed E-state index contributed by atoms with van der Waals surface area (Å²) in [6, 6.07) is 8.50. The molecular formula is C18H28N2S. The van der Waals surface area contributed by atoms with Gasteiger partial charge in [0.1, 0.15) is 0 Å². The monoisotopic (exact) mass is 304 g/mol. The van der Waals surface area contributed by atoms with Gasteiger partial charge in [-0.2, -0.15) is 0 Å². The number of benzene rings is 1. The van der Waals surface area contributed by atoms with E-state index in [4.69, 9.17) is 5.73 Å². The Balaban J connectivity index is 1.86. The van der Waals surface area contributed by atoms with Crippen LogP contribution in [0.5, 0.6) is 0 Å². The van der Waals surface area contributed by atoms with E-state index in [0.717, 1.165) is 17.4 Å². The number of nitrogens with two attached hydrogens (primary N) is 1. The average Bonchev–Trinajstić information content (AvgIpc) is 2.54. The Morgan fingerprint density at radius 3 is 2.52 bits per heavy atom. The summed E-state index contributed by atoms with van der Waals surface area (Å²) >= 11 is 1.72. The van der Waals surface area contributed by atoms with Crippen LogP contribution in [0.15, 0.2) is 29.3 Å². The SMILES string of the molecule is CC[C@@H](C)c1ccc(N=C(N)SCC2CCCCC2)cc1. The van der Waals surface area contributed by atoms with E-state index in [9.17, 15) is 0 Å². The molecule has 0 bridgehead atoms. The van der Waals surface area contributed by atoms with Crippen molar-refractivity contribution in [1.82, 2.24) is 0 Å². The first kappa shape index (κ1) is 16.4. The molecule has 1 aliphatic carbocycles. The van der Waals surface area contributed by atoms with Crippen LogP contribution in [0.25, 0.3) is 0 Å². The van der Waals surface area contributed by atoms with Gasteiger partial charge in [0, 0.05) is 5.75 Å². The first-order valence-electron chi connectivity index (χ1n) is 8.26. The van der Waals surface area contributed by atoms with Crippen LogP contribution in [0.3, 0.4) is 0 Å². The van der Waals surface area contributed by atoms with Crippen LogP contribution in [-0.4, -0.2) is 10.9 Å². The van der Waals surface area contributed by atoms with Crippen molar-refractivity contribution in [3.63, 3.8) is 0 Å². The Morgan fingerprint density at radius 2 is 1.90 bits per heavy atom. The minimum Gasteiger partial charge on any atom is -0.378 e. The Bertz CT molecular complexity index is 447. The van der Waals surface area contributed by atoms with Crippen LogP contribution in [0, 0.1) is 5.92 Å². The lowest BCUT2D eigenvalue weighted by Gasteiger charge is -2.20. The zero-order valence-electron chi connectivity index (χ0n) is 13.3. The van der Waals surface area contributed by atoms with Crippen LogP contribution in [0.2, 0.25) is 0 Å². The molecule has 1 aliphatic rings. The van der Waals surface area contributed by atoms with Crippen LogP contribution in [-0.2, 0) is 0 Å². The maximum atomic E-state index is 6.06. The van der Waals surface area contributed by atoms with E-state index in [2.05, 4.69) is 43.1 Å². The number of aliphatic imine (C=N–C) groups is 1. The fourth-order valence-corrected chi connectivity index (χ4v) is 3.74. The van der Waals surface area contributed by atoms with E-state index in [1.807, 2.05) is 0 Å². The minimum atomic E-state index is 0.612. The number of hydrogen-bond donors (Lipinski definition) is 1. The summed E-state index contributed by atoms with van der Waals surface area (Å²) in [6.07, 6.45) is 8.09. The van der Waals surface area contributed by atoms with Gasteiger partial charge in [-0.3, -0.25) is 0 Å². The van der Waals surface area contributed by atoms with Gasteiger partial charge in [-0.15, -0.1) is 0 Å². The molecule has 0 heterocycles. The molecule has 1 aromatic rings. The third-order valence-electron chi connectivity index (χ3n) is 4.51. The average molecular weight is 305 g/mol. The van der Waals surface area contributed by atoms with Gasteiger partial charge in [0.2, 0.25) is 0 Å². The Morgan fingerprint density at radius 1 is 1.24 bits per heavy atom. The van der Waals surface area contributed by atoms with Gasteiger partial charge in [0.05, 0.1) is 5.69 Å². The quantitative estimate of drug-likeness (QED) is 0.579. The maximum absolute atomic E-state index is 6.06. The Kier molecular flexibility index (Phi) is 6.62. The normalized spacial score (nSPS) is 18.7. The molecule has 1 aromatic carbocycles. The second-order valence-corrected chi connectivity index (χ2v) is 7.21. The number of hydrogen-bond acceptors (Lipinski definition) is 2. The number of amidine groups is 1.